The summed E-state index contributed by atoms with van der Waals surface area (Å²) in [6.45, 7) is 7.87. The SMILES string of the molecule is CCOC(=S)Sc1ccc2c(c1)CNC2=O.COC(=O)c1ccc([N+](=O)[O-])cc1C.COC(=O)c1ccc([N+](=O)[O-])cc1CBr.Cc1cc([N+](=O)[O-])ccc1C(=O)O.Nc1ccc2c(c1)CNC2=O.O=C1NCc2cc(S)ccc21.O=C1NCc2cc([N+](=O)[O-])ccc21. The highest BCUT2D eigenvalue weighted by Crippen LogP contribution is 2.27. The van der Waals surface area contributed by atoms with Crippen LogP contribution in [0.2, 0.25) is 0 Å². The maximum Gasteiger partial charge on any atom is 0.338 e. The molecule has 0 saturated carbocycles. The van der Waals surface area contributed by atoms with E-state index >= 15 is 0 Å². The second-order valence-electron chi connectivity index (χ2n) is 19.2. The number of nitrogens with zero attached hydrogens (tertiary/aromatic N) is 4. The number of benzene rings is 7. The summed E-state index contributed by atoms with van der Waals surface area (Å²) in [5.41, 5.74) is 14.9. The van der Waals surface area contributed by atoms with Gasteiger partial charge >= 0.3 is 17.9 Å². The molecule has 4 aliphatic heterocycles. The van der Waals surface area contributed by atoms with Gasteiger partial charge < -0.3 is 46.3 Å². The molecule has 7 aromatic rings. The number of nitro groups is 4. The molecule has 484 valence electrons. The highest BCUT2D eigenvalue weighted by molar-refractivity contribution is 9.08. The normalized spacial score (nSPS) is 11.9. The van der Waals surface area contributed by atoms with Gasteiger partial charge in [0.05, 0.1) is 57.2 Å². The number of amides is 4. The van der Waals surface area contributed by atoms with Crippen LogP contribution in [-0.4, -0.2) is 91.5 Å². The molecular formula is C61H56BrN9O19S3. The molecular weight excluding hydrogens is 1340 g/mol. The van der Waals surface area contributed by atoms with Gasteiger partial charge in [-0.15, -0.1) is 12.6 Å². The number of fused-ring (bicyclic) bond motifs is 4. The molecule has 0 aromatic heterocycles. The van der Waals surface area contributed by atoms with Crippen LogP contribution in [0.3, 0.4) is 0 Å². The second kappa shape index (κ2) is 34.5. The van der Waals surface area contributed by atoms with Crippen molar-refractivity contribution in [3.63, 3.8) is 0 Å². The standard InChI is InChI=1S/C11H11NO2S2.C9H8BrNO4.C9H9NO4.C8H6N2O3.C8H8N2O.C8H7NO4.C8H7NOS/c1-2-14-11(15)16-8-3-4-9-7(5-8)6-12-10(9)13;1-15-9(12)8-3-2-7(11(13)14)4-6(8)5-10;1-6-5-7(10(12)13)3-4-8(6)9(11)14-2;11-8-7-2-1-6(10(12)13)3-5(7)4-9-8;9-6-1-2-7-5(3-6)4-10-8(7)11;1-5-4-6(9(12)13)2-3-7(5)8(10)11;10-8-7-2-1-6(11)3-5(7)4-9-8/h3-5H,2,6H2,1H3,(H,12,13);2-4H,5H2,1H3;3-5H,1-2H3;1-3H,4H2,(H,9,11);1-3H,4,9H2,(H,10,11);2-4H,1H3,(H,10,11);1-3,11H,4H2,(H,9,10). The van der Waals surface area contributed by atoms with Crippen LogP contribution in [0.25, 0.3) is 0 Å². The van der Waals surface area contributed by atoms with Gasteiger partial charge in [-0.1, -0.05) is 15.9 Å². The number of carboxylic acids is 1. The Morgan fingerprint density at radius 1 is 0.559 bits per heavy atom. The van der Waals surface area contributed by atoms with Crippen LogP contribution in [0, 0.1) is 54.3 Å². The number of alkyl halides is 1. The first-order chi connectivity index (χ1) is 44.1. The van der Waals surface area contributed by atoms with E-state index in [0.29, 0.717) is 87.1 Å². The number of nitrogens with two attached hydrogens (primary N) is 1. The maximum absolute atomic E-state index is 11.3. The van der Waals surface area contributed by atoms with Crippen LogP contribution in [0.1, 0.15) is 118 Å². The summed E-state index contributed by atoms with van der Waals surface area (Å²) in [5.74, 6) is -2.21. The predicted octanol–water partition coefficient (Wildman–Crippen LogP) is 10.5. The number of methoxy groups -OCH3 is 2. The lowest BCUT2D eigenvalue weighted by molar-refractivity contribution is -0.385. The minimum atomic E-state index is -1.08. The smallest absolute Gasteiger partial charge is 0.338 e. The molecule has 0 unspecified atom stereocenters. The Morgan fingerprint density at radius 2 is 0.935 bits per heavy atom. The van der Waals surface area contributed by atoms with Crippen LogP contribution >= 0.6 is 52.5 Å². The summed E-state index contributed by atoms with van der Waals surface area (Å²) in [6.07, 6.45) is 0. The van der Waals surface area contributed by atoms with Gasteiger partial charge in [0.25, 0.3) is 46.4 Å². The highest BCUT2D eigenvalue weighted by atomic mass is 79.9. The van der Waals surface area contributed by atoms with E-state index in [9.17, 15) is 74.0 Å². The fourth-order valence-electron chi connectivity index (χ4n) is 8.53. The molecule has 4 aliphatic rings. The number of rotatable bonds is 10. The van der Waals surface area contributed by atoms with Crippen LogP contribution in [0.4, 0.5) is 28.4 Å². The zero-order valence-corrected chi connectivity index (χ0v) is 53.8. The minimum absolute atomic E-state index is 0.000000000000000222. The zero-order chi connectivity index (χ0) is 68.8. The van der Waals surface area contributed by atoms with Crippen molar-refractivity contribution in [2.45, 2.75) is 62.1 Å². The molecule has 0 aliphatic carbocycles. The van der Waals surface area contributed by atoms with E-state index in [1.54, 1.807) is 25.1 Å². The number of aryl methyl sites for hydroxylation is 2. The Bertz CT molecular complexity index is 4050. The van der Waals surface area contributed by atoms with E-state index in [-0.39, 0.29) is 51.9 Å². The van der Waals surface area contributed by atoms with Crippen molar-refractivity contribution in [1.82, 2.24) is 21.3 Å². The Morgan fingerprint density at radius 3 is 1.38 bits per heavy atom. The summed E-state index contributed by atoms with van der Waals surface area (Å²) in [7, 11) is 2.53. The third-order valence-electron chi connectivity index (χ3n) is 13.1. The zero-order valence-electron chi connectivity index (χ0n) is 49.7. The number of carbonyl (C=O) groups excluding carboxylic acids is 6. The summed E-state index contributed by atoms with van der Waals surface area (Å²) < 4.78 is 14.8. The van der Waals surface area contributed by atoms with Gasteiger partial charge in [0, 0.05) is 118 Å². The lowest BCUT2D eigenvalue weighted by Gasteiger charge is -2.05. The number of thiocarbonyl (C=S) groups is 1. The Hall–Kier alpha value is -10.7. The van der Waals surface area contributed by atoms with Gasteiger partial charge in [0.2, 0.25) is 4.38 Å². The molecule has 0 atom stereocenters. The molecule has 28 nitrogen and oxygen atoms in total. The monoisotopic (exact) mass is 1390 g/mol. The largest absolute Gasteiger partial charge is 0.479 e. The minimum Gasteiger partial charge on any atom is -0.479 e. The molecule has 11 rings (SSSR count). The van der Waals surface area contributed by atoms with Gasteiger partial charge in [-0.25, -0.2) is 14.4 Å². The molecule has 93 heavy (non-hydrogen) atoms. The number of halogens is 1. The van der Waals surface area contributed by atoms with Gasteiger partial charge in [0.1, 0.15) is 0 Å². The highest BCUT2D eigenvalue weighted by Gasteiger charge is 2.23. The third-order valence-corrected chi connectivity index (χ3v) is 15.1. The first kappa shape index (κ1) is 73.0. The van der Waals surface area contributed by atoms with Gasteiger partial charge in [0.15, 0.2) is 0 Å². The number of non-ortho nitro benzene ring substituents is 4. The Kier molecular flexibility index (Phi) is 27.1. The van der Waals surface area contributed by atoms with E-state index in [0.717, 1.165) is 43.2 Å². The molecule has 32 heteroatoms. The van der Waals surface area contributed by atoms with Crippen LogP contribution in [-0.2, 0) is 45.7 Å². The van der Waals surface area contributed by atoms with Crippen molar-refractivity contribution in [1.29, 1.82) is 0 Å². The first-order valence-electron chi connectivity index (χ1n) is 26.9. The van der Waals surface area contributed by atoms with Crippen molar-refractivity contribution in [2.24, 2.45) is 0 Å². The molecule has 4 heterocycles. The van der Waals surface area contributed by atoms with Crippen LogP contribution in [0.15, 0.2) is 137 Å². The van der Waals surface area contributed by atoms with Gasteiger partial charge in [-0.05, 0) is 163 Å². The Balaban J connectivity index is 0.000000197. The van der Waals surface area contributed by atoms with Crippen molar-refractivity contribution >= 4 is 127 Å². The quantitative estimate of drug-likeness (QED) is 0.00977. The molecule has 7 N–H and O–H groups in total. The predicted molar refractivity (Wildman–Crippen MR) is 350 cm³/mol. The number of thioether (sulfide) groups is 1. The molecule has 4 amide bonds. The molecule has 0 radical (unpaired) electrons. The number of hydrogen-bond acceptors (Lipinski definition) is 22. The number of nitrogen functional groups attached to an aromatic ring is 1. The van der Waals surface area contributed by atoms with Crippen molar-refractivity contribution in [3.8, 4) is 0 Å². The number of ether oxygens (including phenoxy) is 3. The Labute approximate surface area is 552 Å². The van der Waals surface area contributed by atoms with Crippen molar-refractivity contribution < 1.29 is 72.6 Å². The van der Waals surface area contributed by atoms with Crippen LogP contribution < -0.4 is 27.0 Å². The first-order valence-corrected chi connectivity index (χ1v) is 29.7. The van der Waals surface area contributed by atoms with E-state index < -0.39 is 37.6 Å². The average molecular weight is 1400 g/mol. The van der Waals surface area contributed by atoms with Crippen LogP contribution in [0.5, 0.6) is 0 Å². The molecule has 0 fully saturated rings. The number of aromatic carboxylic acids is 1. The third kappa shape index (κ3) is 20.7. The number of hydrogen-bond donors (Lipinski definition) is 7. The maximum atomic E-state index is 11.3. The fourth-order valence-corrected chi connectivity index (χ4v) is 10.3. The number of nitrogens with one attached hydrogen (secondary N) is 4. The molecule has 0 spiro atoms. The van der Waals surface area contributed by atoms with E-state index in [4.69, 9.17) is 27.8 Å². The number of anilines is 1. The second-order valence-corrected chi connectivity index (χ2v) is 22.0. The number of nitro benzene ring substituents is 4. The van der Waals surface area contributed by atoms with Crippen molar-refractivity contribution in [2.75, 3.05) is 26.6 Å². The van der Waals surface area contributed by atoms with Gasteiger partial charge in [-0.2, -0.15) is 0 Å². The summed E-state index contributed by atoms with van der Waals surface area (Å²) >= 11 is 13.8. The number of esters is 2. The van der Waals surface area contributed by atoms with E-state index in [1.165, 1.54) is 106 Å². The fraction of sp³-hybridized carbons (Fsp3) is 0.180. The topological polar surface area (TPSA) is 414 Å². The van der Waals surface area contributed by atoms with Crippen molar-refractivity contribution in [3.05, 3.63) is 246 Å². The molecule has 0 bridgehead atoms. The van der Waals surface area contributed by atoms with Gasteiger partial charge in [-0.3, -0.25) is 59.6 Å². The lowest BCUT2D eigenvalue weighted by Crippen LogP contribution is -2.12. The molecule has 7 aromatic carbocycles. The molecule has 0 saturated heterocycles. The lowest BCUT2D eigenvalue weighted by atomic mass is 10.1. The summed E-state index contributed by atoms with van der Waals surface area (Å²) in [5, 5.41) is 61.4. The number of carboxylic acid groups (broad SMARTS) is 1. The summed E-state index contributed by atoms with van der Waals surface area (Å²) in [6, 6.07) is 32.5. The summed E-state index contributed by atoms with van der Waals surface area (Å²) in [4.78, 5) is 119. The average Bonchev–Trinajstić information content (AvgIpc) is 2.71. The number of carbonyl (C=O) groups is 7. The number of thiol groups is 1. The van der Waals surface area contributed by atoms with E-state index in [1.807, 2.05) is 43.3 Å². The van der Waals surface area contributed by atoms with E-state index in [2.05, 4.69) is 59.3 Å².